The third-order valence-corrected chi connectivity index (χ3v) is 6.16. The highest BCUT2D eigenvalue weighted by Gasteiger charge is 2.43. The van der Waals surface area contributed by atoms with E-state index in [1.165, 1.54) is 26.2 Å². The van der Waals surface area contributed by atoms with Crippen LogP contribution >= 0.6 is 0 Å². The van der Waals surface area contributed by atoms with Gasteiger partial charge in [-0.05, 0) is 37.8 Å². The van der Waals surface area contributed by atoms with E-state index < -0.39 is 34.8 Å². The maximum atomic E-state index is 14.1. The van der Waals surface area contributed by atoms with Crippen LogP contribution in [0.4, 0.5) is 13.2 Å². The molecular formula is C28H25F3N2O5. The monoisotopic (exact) mass is 526 g/mol. The van der Waals surface area contributed by atoms with E-state index in [-0.39, 0.29) is 11.3 Å². The molecule has 2 aromatic heterocycles. The van der Waals surface area contributed by atoms with Crippen LogP contribution in [0, 0.1) is 0 Å². The number of ether oxygens (including phenoxy) is 1. The fourth-order valence-corrected chi connectivity index (χ4v) is 4.34. The highest BCUT2D eigenvalue weighted by atomic mass is 19.4. The summed E-state index contributed by atoms with van der Waals surface area (Å²) in [6.07, 6.45) is -2.26. The Kier molecular flexibility index (Phi) is 7.28. The lowest BCUT2D eigenvalue weighted by Crippen LogP contribution is -2.33. The summed E-state index contributed by atoms with van der Waals surface area (Å²) in [4.78, 5) is 12.0. The van der Waals surface area contributed by atoms with E-state index >= 15 is 0 Å². The van der Waals surface area contributed by atoms with Crippen molar-refractivity contribution in [1.29, 1.82) is 0 Å². The molecule has 1 unspecified atom stereocenters. The zero-order valence-electron chi connectivity index (χ0n) is 20.9. The SMILES string of the molecule is C=CC.COC(=O)C(C)(O)c1ccc2c(c1)CCc1c-2noc1-c1noc(-c2ccccc2)c1C(F)(F)F. The number of methoxy groups -OCH3 is 1. The van der Waals surface area contributed by atoms with Crippen LogP contribution in [0.3, 0.4) is 0 Å². The number of esters is 1. The molecule has 2 aromatic carbocycles. The number of carbonyl (C=O) groups excluding carboxylic acids is 1. The molecule has 4 aromatic rings. The first-order valence-corrected chi connectivity index (χ1v) is 11.7. The van der Waals surface area contributed by atoms with Gasteiger partial charge in [-0.2, -0.15) is 13.2 Å². The highest BCUT2D eigenvalue weighted by molar-refractivity contribution is 5.82. The van der Waals surface area contributed by atoms with Crippen molar-refractivity contribution in [3.63, 3.8) is 0 Å². The summed E-state index contributed by atoms with van der Waals surface area (Å²) in [5.74, 6) is -1.31. The summed E-state index contributed by atoms with van der Waals surface area (Å²) in [5.41, 5.74) is -0.523. The quantitative estimate of drug-likeness (QED) is 0.244. The molecule has 5 rings (SSSR count). The second-order valence-corrected chi connectivity index (χ2v) is 8.78. The van der Waals surface area contributed by atoms with Crippen molar-refractivity contribution >= 4 is 5.97 Å². The molecule has 1 aliphatic carbocycles. The molecule has 1 atom stereocenters. The van der Waals surface area contributed by atoms with Gasteiger partial charge in [0, 0.05) is 16.7 Å². The number of rotatable bonds is 4. The topological polar surface area (TPSA) is 98.6 Å². The Hall–Kier alpha value is -4.18. The molecule has 0 spiro atoms. The molecule has 1 aliphatic rings. The summed E-state index contributed by atoms with van der Waals surface area (Å²) >= 11 is 0. The van der Waals surface area contributed by atoms with Gasteiger partial charge in [0.25, 0.3) is 0 Å². The molecule has 38 heavy (non-hydrogen) atoms. The zero-order valence-corrected chi connectivity index (χ0v) is 20.9. The first kappa shape index (κ1) is 26.9. The summed E-state index contributed by atoms with van der Waals surface area (Å²) in [7, 11) is 1.18. The van der Waals surface area contributed by atoms with Crippen molar-refractivity contribution in [3.8, 4) is 34.0 Å². The smallest absolute Gasteiger partial charge is 0.422 e. The third-order valence-electron chi connectivity index (χ3n) is 6.16. The Bertz CT molecular complexity index is 1470. The lowest BCUT2D eigenvalue weighted by molar-refractivity contribution is -0.161. The summed E-state index contributed by atoms with van der Waals surface area (Å²) in [6, 6.07) is 12.8. The van der Waals surface area contributed by atoms with Crippen molar-refractivity contribution in [2.45, 2.75) is 38.5 Å². The Morgan fingerprint density at radius 3 is 2.32 bits per heavy atom. The van der Waals surface area contributed by atoms with Gasteiger partial charge in [0.15, 0.2) is 22.8 Å². The summed E-state index contributed by atoms with van der Waals surface area (Å²) in [5, 5.41) is 18.3. The van der Waals surface area contributed by atoms with Gasteiger partial charge < -0.3 is 18.9 Å². The van der Waals surface area contributed by atoms with E-state index in [1.807, 2.05) is 6.92 Å². The number of halogens is 3. The average molecular weight is 527 g/mol. The molecule has 0 aliphatic heterocycles. The van der Waals surface area contributed by atoms with Gasteiger partial charge in [-0.3, -0.25) is 0 Å². The molecule has 0 fully saturated rings. The zero-order chi connectivity index (χ0) is 27.7. The van der Waals surface area contributed by atoms with Crippen molar-refractivity contribution in [2.24, 2.45) is 0 Å². The molecular weight excluding hydrogens is 501 g/mol. The van der Waals surface area contributed by atoms with Crippen LogP contribution in [-0.2, 0) is 34.2 Å². The van der Waals surface area contributed by atoms with Gasteiger partial charge in [0.1, 0.15) is 11.3 Å². The number of aromatic nitrogens is 2. The summed E-state index contributed by atoms with van der Waals surface area (Å²) < 4.78 is 57.6. The number of allylic oxidation sites excluding steroid dienone is 1. The first-order chi connectivity index (χ1) is 18.0. The van der Waals surface area contributed by atoms with Crippen LogP contribution in [0.2, 0.25) is 0 Å². The molecule has 0 saturated carbocycles. The molecule has 10 heteroatoms. The van der Waals surface area contributed by atoms with Crippen LogP contribution in [0.1, 0.15) is 36.1 Å². The normalized spacial score (nSPS) is 13.9. The molecule has 1 N–H and O–H groups in total. The lowest BCUT2D eigenvalue weighted by Gasteiger charge is -2.23. The van der Waals surface area contributed by atoms with Crippen molar-refractivity contribution < 1.29 is 36.9 Å². The number of aliphatic hydroxyl groups is 1. The second kappa shape index (κ2) is 10.3. The van der Waals surface area contributed by atoms with Crippen LogP contribution in [0.5, 0.6) is 0 Å². The Labute approximate surface area is 216 Å². The molecule has 7 nitrogen and oxygen atoms in total. The van der Waals surface area contributed by atoms with Crippen LogP contribution < -0.4 is 0 Å². The van der Waals surface area contributed by atoms with E-state index in [1.54, 1.807) is 42.5 Å². The van der Waals surface area contributed by atoms with E-state index in [0.29, 0.717) is 35.2 Å². The predicted molar refractivity (Wildman–Crippen MR) is 133 cm³/mol. The van der Waals surface area contributed by atoms with Crippen molar-refractivity contribution in [2.75, 3.05) is 7.11 Å². The minimum atomic E-state index is -4.75. The molecule has 2 heterocycles. The van der Waals surface area contributed by atoms with Gasteiger partial charge in [0.2, 0.25) is 0 Å². The third kappa shape index (κ3) is 4.74. The van der Waals surface area contributed by atoms with Gasteiger partial charge in [-0.1, -0.05) is 64.9 Å². The molecule has 0 bridgehead atoms. The van der Waals surface area contributed by atoms with Gasteiger partial charge in [0.05, 0.1) is 7.11 Å². The number of hydrogen-bond donors (Lipinski definition) is 1. The first-order valence-electron chi connectivity index (χ1n) is 11.7. The number of alkyl halides is 3. The number of benzene rings is 2. The Balaban J connectivity index is 0.00000107. The van der Waals surface area contributed by atoms with E-state index in [4.69, 9.17) is 9.05 Å². The minimum Gasteiger partial charge on any atom is -0.467 e. The molecule has 0 amide bonds. The van der Waals surface area contributed by atoms with E-state index in [2.05, 4.69) is 21.6 Å². The summed E-state index contributed by atoms with van der Waals surface area (Å²) in [6.45, 7) is 6.58. The van der Waals surface area contributed by atoms with Gasteiger partial charge >= 0.3 is 12.1 Å². The fraction of sp³-hybridized carbons (Fsp3) is 0.250. The average Bonchev–Trinajstić information content (AvgIpc) is 3.53. The largest absolute Gasteiger partial charge is 0.467 e. The minimum absolute atomic E-state index is 0.102. The van der Waals surface area contributed by atoms with Gasteiger partial charge in [-0.15, -0.1) is 6.58 Å². The number of hydrogen-bond acceptors (Lipinski definition) is 7. The Morgan fingerprint density at radius 1 is 1.05 bits per heavy atom. The predicted octanol–water partition coefficient (Wildman–Crippen LogP) is 6.35. The maximum absolute atomic E-state index is 14.1. The number of nitrogens with zero attached hydrogens (tertiary/aromatic N) is 2. The highest BCUT2D eigenvalue weighted by Crippen LogP contribution is 2.46. The van der Waals surface area contributed by atoms with Crippen LogP contribution in [0.25, 0.3) is 34.0 Å². The number of fused-ring (bicyclic) bond motifs is 3. The molecule has 0 radical (unpaired) electrons. The van der Waals surface area contributed by atoms with Crippen LogP contribution in [0.15, 0.2) is 70.2 Å². The second-order valence-electron chi connectivity index (χ2n) is 8.78. The Morgan fingerprint density at radius 2 is 1.68 bits per heavy atom. The standard InChI is InChI=1S/C25H19F3N2O5.C3H6/c1-24(32,23(31)33-2)15-9-11-16-14(12-15)8-10-17-19(16)29-35-22(17)20-18(25(26,27)28)21(34-30-20)13-6-4-3-5-7-13;1-3-2/h3-7,9,11-12,32H,8,10H2,1-2H3;3H,1H2,2H3. The van der Waals surface area contributed by atoms with Crippen molar-refractivity contribution in [1.82, 2.24) is 10.3 Å². The lowest BCUT2D eigenvalue weighted by atomic mass is 9.84. The van der Waals surface area contributed by atoms with E-state index in [9.17, 15) is 23.1 Å². The fourth-order valence-electron chi connectivity index (χ4n) is 4.34. The molecule has 198 valence electrons. The van der Waals surface area contributed by atoms with Gasteiger partial charge in [-0.25, -0.2) is 4.79 Å². The molecule has 0 saturated heterocycles. The van der Waals surface area contributed by atoms with Crippen LogP contribution in [-0.4, -0.2) is 28.5 Å². The number of carbonyl (C=O) groups is 1. The maximum Gasteiger partial charge on any atom is 0.422 e. The number of aryl methyl sites for hydroxylation is 1. The van der Waals surface area contributed by atoms with Crippen molar-refractivity contribution in [3.05, 3.63) is 83.4 Å². The van der Waals surface area contributed by atoms with E-state index in [0.717, 1.165) is 5.56 Å².